The van der Waals surface area contributed by atoms with Gasteiger partial charge in [-0.3, -0.25) is 4.79 Å². The van der Waals surface area contributed by atoms with Gasteiger partial charge in [0, 0.05) is 29.3 Å². The Morgan fingerprint density at radius 3 is 2.90 bits per heavy atom. The van der Waals surface area contributed by atoms with E-state index in [0.717, 1.165) is 45.4 Å². The summed E-state index contributed by atoms with van der Waals surface area (Å²) < 4.78 is 0. The molecule has 1 unspecified atom stereocenters. The zero-order valence-corrected chi connectivity index (χ0v) is 17.0. The van der Waals surface area contributed by atoms with Gasteiger partial charge in [0.25, 0.3) is 5.91 Å². The Morgan fingerprint density at radius 1 is 1.13 bits per heavy atom. The molecule has 2 aromatic carbocycles. The Hall–Kier alpha value is -3.73. The summed E-state index contributed by atoms with van der Waals surface area (Å²) in [5.41, 5.74) is 6.47. The van der Waals surface area contributed by atoms with Crippen LogP contribution >= 0.6 is 0 Å². The Balaban J connectivity index is 1.43. The number of amides is 1. The lowest BCUT2D eigenvalue weighted by Crippen LogP contribution is -2.28. The minimum Gasteiger partial charge on any atom is -0.373 e. The van der Waals surface area contributed by atoms with Crippen molar-refractivity contribution in [2.75, 3.05) is 12.4 Å². The Morgan fingerprint density at radius 2 is 2.00 bits per heavy atom. The van der Waals surface area contributed by atoms with Crippen LogP contribution in [0.15, 0.2) is 89.9 Å². The maximum atomic E-state index is 13.0. The van der Waals surface area contributed by atoms with Crippen LogP contribution in [0.5, 0.6) is 0 Å². The molecule has 5 rings (SSSR count). The molecule has 148 valence electrons. The fourth-order valence-corrected chi connectivity index (χ4v) is 4.28. The zero-order chi connectivity index (χ0) is 20.7. The van der Waals surface area contributed by atoms with Crippen LogP contribution in [0.2, 0.25) is 0 Å². The maximum absolute atomic E-state index is 13.0. The molecular formula is C25H22N4O. The Kier molecular flexibility index (Phi) is 4.43. The molecule has 0 spiro atoms. The van der Waals surface area contributed by atoms with Gasteiger partial charge in [0.15, 0.2) is 0 Å². The largest absolute Gasteiger partial charge is 0.373 e. The van der Waals surface area contributed by atoms with Crippen LogP contribution in [0.3, 0.4) is 0 Å². The van der Waals surface area contributed by atoms with E-state index < -0.39 is 0 Å². The first-order valence-electron chi connectivity index (χ1n) is 10.0. The van der Waals surface area contributed by atoms with Crippen molar-refractivity contribution in [2.24, 2.45) is 0 Å². The van der Waals surface area contributed by atoms with E-state index in [1.165, 1.54) is 5.57 Å². The molecule has 2 heterocycles. The highest BCUT2D eigenvalue weighted by Gasteiger charge is 2.28. The molecule has 3 aromatic rings. The lowest BCUT2D eigenvalue weighted by Gasteiger charge is -2.27. The molecule has 1 aromatic heterocycles. The molecule has 2 aliphatic rings. The predicted octanol–water partition coefficient (Wildman–Crippen LogP) is 4.71. The van der Waals surface area contributed by atoms with E-state index in [1.54, 1.807) is 6.33 Å². The summed E-state index contributed by atoms with van der Waals surface area (Å²) in [5, 5.41) is 4.06. The van der Waals surface area contributed by atoms with E-state index in [4.69, 9.17) is 0 Å². The average Bonchev–Trinajstić information content (AvgIpc) is 3.15. The number of hydrogen-bond acceptors (Lipinski definition) is 4. The average molecular weight is 394 g/mol. The van der Waals surface area contributed by atoms with Crippen molar-refractivity contribution in [2.45, 2.75) is 19.4 Å². The van der Waals surface area contributed by atoms with E-state index in [-0.39, 0.29) is 5.91 Å². The van der Waals surface area contributed by atoms with E-state index in [0.29, 0.717) is 6.04 Å². The third-order valence-electron chi connectivity index (χ3n) is 5.90. The summed E-state index contributed by atoms with van der Waals surface area (Å²) in [5.74, 6) is -0.0777. The number of hydrogen-bond donors (Lipinski definition) is 1. The van der Waals surface area contributed by atoms with E-state index in [2.05, 4.69) is 39.5 Å². The van der Waals surface area contributed by atoms with Crippen LogP contribution in [0, 0.1) is 0 Å². The highest BCUT2D eigenvalue weighted by atomic mass is 16.1. The number of carbonyl (C=O) groups is 1. The van der Waals surface area contributed by atoms with Crippen molar-refractivity contribution in [3.8, 4) is 11.3 Å². The van der Waals surface area contributed by atoms with Crippen LogP contribution in [0.25, 0.3) is 22.2 Å². The summed E-state index contributed by atoms with van der Waals surface area (Å²) >= 11 is 0. The van der Waals surface area contributed by atoms with E-state index >= 15 is 0 Å². The SMILES string of the molecule is CC1=C2C=CN(C)C2CC=C1C(=O)Nc1cccc(-c2ncnc3ccccc23)c1. The first kappa shape index (κ1) is 18.3. The summed E-state index contributed by atoms with van der Waals surface area (Å²) in [6, 6.07) is 16.1. The number of aromatic nitrogens is 2. The minimum absolute atomic E-state index is 0.0777. The number of nitrogens with zero attached hydrogens (tertiary/aromatic N) is 3. The van der Waals surface area contributed by atoms with Crippen molar-refractivity contribution in [1.29, 1.82) is 0 Å². The van der Waals surface area contributed by atoms with Gasteiger partial charge in [-0.2, -0.15) is 0 Å². The summed E-state index contributed by atoms with van der Waals surface area (Å²) in [4.78, 5) is 24.1. The second kappa shape index (κ2) is 7.26. The van der Waals surface area contributed by atoms with Crippen LogP contribution in [0.1, 0.15) is 13.3 Å². The molecule has 0 saturated carbocycles. The number of fused-ring (bicyclic) bond motifs is 2. The topological polar surface area (TPSA) is 58.1 Å². The number of anilines is 1. The van der Waals surface area contributed by atoms with Crippen molar-refractivity contribution in [3.63, 3.8) is 0 Å². The molecule has 30 heavy (non-hydrogen) atoms. The van der Waals surface area contributed by atoms with Crippen LogP contribution < -0.4 is 5.32 Å². The Labute approximate surface area is 175 Å². The number of likely N-dealkylation sites (N-methyl/N-ethyl adjacent to an activating group) is 1. The summed E-state index contributed by atoms with van der Waals surface area (Å²) in [7, 11) is 2.07. The second-order valence-corrected chi connectivity index (χ2v) is 7.71. The van der Waals surface area contributed by atoms with Gasteiger partial charge >= 0.3 is 0 Å². The molecule has 1 atom stereocenters. The standard InChI is InChI=1S/C25H22N4O/c1-16-19-12-13-29(2)23(19)11-10-20(16)25(30)28-18-7-5-6-17(14-18)24-21-8-3-4-9-22(21)26-15-27-24/h3-10,12-15,23H,11H2,1-2H3,(H,28,30). The smallest absolute Gasteiger partial charge is 0.255 e. The van der Waals surface area contributed by atoms with Crippen molar-refractivity contribution in [3.05, 3.63) is 89.9 Å². The number of rotatable bonds is 3. The van der Waals surface area contributed by atoms with E-state index in [9.17, 15) is 4.79 Å². The maximum Gasteiger partial charge on any atom is 0.255 e. The van der Waals surface area contributed by atoms with Gasteiger partial charge in [0.05, 0.1) is 17.3 Å². The quantitative estimate of drug-likeness (QED) is 0.699. The Bertz CT molecular complexity index is 1250. The predicted molar refractivity (Wildman–Crippen MR) is 120 cm³/mol. The number of nitrogens with one attached hydrogen (secondary N) is 1. The zero-order valence-electron chi connectivity index (χ0n) is 17.0. The molecule has 1 aliphatic heterocycles. The van der Waals surface area contributed by atoms with Gasteiger partial charge in [-0.15, -0.1) is 0 Å². The lowest BCUT2D eigenvalue weighted by atomic mass is 9.88. The molecule has 0 radical (unpaired) electrons. The van der Waals surface area contributed by atoms with E-state index in [1.807, 2.05) is 61.5 Å². The fourth-order valence-electron chi connectivity index (χ4n) is 4.28. The molecule has 5 heteroatoms. The molecular weight excluding hydrogens is 372 g/mol. The van der Waals surface area contributed by atoms with Gasteiger partial charge in [-0.25, -0.2) is 9.97 Å². The molecule has 0 saturated heterocycles. The summed E-state index contributed by atoms with van der Waals surface area (Å²) in [6.07, 6.45) is 8.65. The van der Waals surface area contributed by atoms with Gasteiger partial charge in [0.2, 0.25) is 0 Å². The molecule has 0 fully saturated rings. The van der Waals surface area contributed by atoms with Crippen LogP contribution in [-0.4, -0.2) is 33.9 Å². The van der Waals surface area contributed by atoms with Crippen molar-refractivity contribution in [1.82, 2.24) is 14.9 Å². The molecule has 5 nitrogen and oxygen atoms in total. The minimum atomic E-state index is -0.0777. The van der Waals surface area contributed by atoms with Gasteiger partial charge in [-0.05, 0) is 55.0 Å². The molecule has 1 amide bonds. The van der Waals surface area contributed by atoms with Gasteiger partial charge in [0.1, 0.15) is 6.33 Å². The normalized spacial score (nSPS) is 17.9. The monoisotopic (exact) mass is 394 g/mol. The third kappa shape index (κ3) is 3.08. The van der Waals surface area contributed by atoms with Crippen LogP contribution in [-0.2, 0) is 4.79 Å². The fraction of sp³-hybridized carbons (Fsp3) is 0.160. The lowest BCUT2D eigenvalue weighted by molar-refractivity contribution is -0.112. The first-order valence-corrected chi connectivity index (χ1v) is 10.0. The second-order valence-electron chi connectivity index (χ2n) is 7.71. The third-order valence-corrected chi connectivity index (χ3v) is 5.90. The van der Waals surface area contributed by atoms with Crippen LogP contribution in [0.4, 0.5) is 5.69 Å². The summed E-state index contributed by atoms with van der Waals surface area (Å²) in [6.45, 7) is 2.03. The molecule has 0 bridgehead atoms. The first-order chi connectivity index (χ1) is 14.6. The molecule has 1 aliphatic carbocycles. The highest BCUT2D eigenvalue weighted by Crippen LogP contribution is 2.34. The van der Waals surface area contributed by atoms with Gasteiger partial charge in [-0.1, -0.05) is 36.4 Å². The van der Waals surface area contributed by atoms with Crippen molar-refractivity contribution < 1.29 is 4.79 Å². The van der Waals surface area contributed by atoms with Crippen molar-refractivity contribution >= 4 is 22.5 Å². The number of carbonyl (C=O) groups excluding carboxylic acids is 1. The number of benzene rings is 2. The molecule has 1 N–H and O–H groups in total. The highest BCUT2D eigenvalue weighted by molar-refractivity contribution is 6.07. The van der Waals surface area contributed by atoms with Gasteiger partial charge < -0.3 is 10.2 Å². The number of para-hydroxylation sites is 1.